The molecule has 0 amide bonds. The second kappa shape index (κ2) is 6.38. The molecule has 0 atom stereocenters. The van der Waals surface area contributed by atoms with E-state index in [-0.39, 0.29) is 17.7 Å². The molecule has 26 heavy (non-hydrogen) atoms. The van der Waals surface area contributed by atoms with Gasteiger partial charge in [0.2, 0.25) is 11.3 Å². The van der Waals surface area contributed by atoms with Crippen LogP contribution < -0.4 is 5.56 Å². The zero-order valence-electron chi connectivity index (χ0n) is 14.7. The van der Waals surface area contributed by atoms with Crippen LogP contribution in [0.5, 0.6) is 0 Å². The van der Waals surface area contributed by atoms with Gasteiger partial charge in [0.1, 0.15) is 11.3 Å². The molecule has 0 spiro atoms. The Morgan fingerprint density at radius 1 is 1.15 bits per heavy atom. The van der Waals surface area contributed by atoms with Crippen molar-refractivity contribution in [2.24, 2.45) is 0 Å². The summed E-state index contributed by atoms with van der Waals surface area (Å²) in [5, 5.41) is 9.82. The summed E-state index contributed by atoms with van der Waals surface area (Å²) >= 11 is 0. The summed E-state index contributed by atoms with van der Waals surface area (Å²) in [6, 6.07) is 11.8. The lowest BCUT2D eigenvalue weighted by Crippen LogP contribution is -2.23. The van der Waals surface area contributed by atoms with Crippen molar-refractivity contribution in [3.63, 3.8) is 0 Å². The second-order valence-corrected chi connectivity index (χ2v) is 6.34. The Morgan fingerprint density at radius 3 is 2.65 bits per heavy atom. The van der Waals surface area contributed by atoms with Crippen LogP contribution in [0.15, 0.2) is 45.6 Å². The standard InChI is InChI=1S/C20H19N3O3/c1-12-11-15(14-7-4-3-5-8-14)22-19-16(12)17-18(26-19)20(25)23(9-6-10-24)13(2)21-17/h3-5,7-8,11,24H,6,9-10H2,1-2H3. The minimum atomic E-state index is -0.236. The van der Waals surface area contributed by atoms with Crippen molar-refractivity contribution in [2.45, 2.75) is 26.8 Å². The minimum absolute atomic E-state index is 0.0190. The van der Waals surface area contributed by atoms with Crippen molar-refractivity contribution in [2.75, 3.05) is 6.61 Å². The third-order valence-corrected chi connectivity index (χ3v) is 4.55. The highest BCUT2D eigenvalue weighted by Gasteiger charge is 2.19. The number of pyridine rings is 1. The molecule has 6 nitrogen and oxygen atoms in total. The SMILES string of the molecule is Cc1cc(-c2ccccc2)nc2oc3c(=O)n(CCCO)c(C)nc3c12. The molecule has 0 saturated carbocycles. The molecule has 0 aliphatic carbocycles. The number of hydrogen-bond donors (Lipinski definition) is 1. The molecule has 0 unspecified atom stereocenters. The van der Waals surface area contributed by atoms with E-state index in [1.165, 1.54) is 4.57 Å². The molecule has 0 saturated heterocycles. The van der Waals surface area contributed by atoms with E-state index in [0.29, 0.717) is 30.0 Å². The Bertz CT molecular complexity index is 1160. The van der Waals surface area contributed by atoms with E-state index in [2.05, 4.69) is 9.97 Å². The molecular formula is C20H19N3O3. The fraction of sp³-hybridized carbons (Fsp3) is 0.250. The summed E-state index contributed by atoms with van der Waals surface area (Å²) in [4.78, 5) is 22.0. The number of rotatable bonds is 4. The molecular weight excluding hydrogens is 330 g/mol. The number of fused-ring (bicyclic) bond motifs is 3. The van der Waals surface area contributed by atoms with Gasteiger partial charge >= 0.3 is 0 Å². The maximum absolute atomic E-state index is 12.8. The average molecular weight is 349 g/mol. The molecule has 3 aromatic heterocycles. The van der Waals surface area contributed by atoms with Gasteiger partial charge in [-0.1, -0.05) is 30.3 Å². The first-order chi connectivity index (χ1) is 12.6. The van der Waals surface area contributed by atoms with Crippen LogP contribution in [0.25, 0.3) is 33.5 Å². The first-order valence-electron chi connectivity index (χ1n) is 8.57. The highest BCUT2D eigenvalue weighted by Crippen LogP contribution is 2.30. The molecule has 0 fully saturated rings. The monoisotopic (exact) mass is 349 g/mol. The van der Waals surface area contributed by atoms with Crippen molar-refractivity contribution in [3.8, 4) is 11.3 Å². The van der Waals surface area contributed by atoms with E-state index >= 15 is 0 Å². The van der Waals surface area contributed by atoms with Gasteiger partial charge in [-0.05, 0) is 31.9 Å². The number of aliphatic hydroxyl groups excluding tert-OH is 1. The maximum atomic E-state index is 12.8. The fourth-order valence-electron chi connectivity index (χ4n) is 3.26. The van der Waals surface area contributed by atoms with Gasteiger partial charge < -0.3 is 9.52 Å². The lowest BCUT2D eigenvalue weighted by atomic mass is 10.1. The summed E-state index contributed by atoms with van der Waals surface area (Å²) in [7, 11) is 0. The third kappa shape index (κ3) is 2.59. The zero-order valence-corrected chi connectivity index (χ0v) is 14.7. The number of furan rings is 1. The summed E-state index contributed by atoms with van der Waals surface area (Å²) in [5.41, 5.74) is 3.69. The van der Waals surface area contributed by atoms with E-state index in [9.17, 15) is 4.79 Å². The Kier molecular flexibility index (Phi) is 4.05. The maximum Gasteiger partial charge on any atom is 0.297 e. The normalized spacial score (nSPS) is 11.5. The van der Waals surface area contributed by atoms with Crippen molar-refractivity contribution in [1.29, 1.82) is 0 Å². The van der Waals surface area contributed by atoms with Crippen LogP contribution in [0.1, 0.15) is 17.8 Å². The Labute approximate surface area is 149 Å². The number of aromatic nitrogens is 3. The molecule has 1 aromatic carbocycles. The van der Waals surface area contributed by atoms with Gasteiger partial charge in [-0.3, -0.25) is 9.36 Å². The lowest BCUT2D eigenvalue weighted by molar-refractivity contribution is 0.278. The van der Waals surface area contributed by atoms with Gasteiger partial charge in [0.25, 0.3) is 5.56 Å². The molecule has 0 radical (unpaired) electrons. The zero-order chi connectivity index (χ0) is 18.3. The van der Waals surface area contributed by atoms with Crippen molar-refractivity contribution < 1.29 is 9.52 Å². The molecule has 1 N–H and O–H groups in total. The Morgan fingerprint density at radius 2 is 1.92 bits per heavy atom. The first kappa shape index (κ1) is 16.5. The van der Waals surface area contributed by atoms with E-state index in [4.69, 9.17) is 9.52 Å². The first-order valence-corrected chi connectivity index (χ1v) is 8.57. The Hall–Kier alpha value is -2.99. The molecule has 0 aliphatic heterocycles. The molecule has 0 aliphatic rings. The Balaban J connectivity index is 1.98. The van der Waals surface area contributed by atoms with Gasteiger partial charge in [0.05, 0.1) is 11.1 Å². The molecule has 132 valence electrons. The lowest BCUT2D eigenvalue weighted by Gasteiger charge is -2.07. The van der Waals surface area contributed by atoms with Crippen molar-refractivity contribution in [3.05, 3.63) is 58.1 Å². The molecule has 6 heteroatoms. The van der Waals surface area contributed by atoms with Gasteiger partial charge in [-0.15, -0.1) is 0 Å². The number of aliphatic hydroxyl groups is 1. The fourth-order valence-corrected chi connectivity index (χ4v) is 3.26. The quantitative estimate of drug-likeness (QED) is 0.612. The van der Waals surface area contributed by atoms with Crippen LogP contribution in [0.3, 0.4) is 0 Å². The second-order valence-electron chi connectivity index (χ2n) is 6.34. The summed E-state index contributed by atoms with van der Waals surface area (Å²) < 4.78 is 7.37. The van der Waals surface area contributed by atoms with Crippen molar-refractivity contribution >= 4 is 22.2 Å². The molecule has 4 aromatic rings. The summed E-state index contributed by atoms with van der Waals surface area (Å²) in [6.07, 6.45) is 0.490. The molecule has 0 bridgehead atoms. The third-order valence-electron chi connectivity index (χ3n) is 4.55. The van der Waals surface area contributed by atoms with E-state index in [1.54, 1.807) is 6.92 Å². The average Bonchev–Trinajstić information content (AvgIpc) is 3.01. The van der Waals surface area contributed by atoms with Crippen molar-refractivity contribution in [1.82, 2.24) is 14.5 Å². The van der Waals surface area contributed by atoms with Crippen LogP contribution in [-0.4, -0.2) is 26.2 Å². The van der Waals surface area contributed by atoms with Gasteiger partial charge in [0.15, 0.2) is 0 Å². The van der Waals surface area contributed by atoms with Crippen LogP contribution in [-0.2, 0) is 6.54 Å². The van der Waals surface area contributed by atoms with Crippen LogP contribution in [0, 0.1) is 13.8 Å². The number of aryl methyl sites for hydroxylation is 2. The van der Waals surface area contributed by atoms with Gasteiger partial charge in [0, 0.05) is 18.7 Å². The molecule has 3 heterocycles. The molecule has 4 rings (SSSR count). The van der Waals surface area contributed by atoms with Gasteiger partial charge in [-0.2, -0.15) is 0 Å². The summed E-state index contributed by atoms with van der Waals surface area (Å²) in [5.74, 6) is 0.602. The number of hydrogen-bond acceptors (Lipinski definition) is 5. The van der Waals surface area contributed by atoms with Crippen LogP contribution >= 0.6 is 0 Å². The largest absolute Gasteiger partial charge is 0.430 e. The highest BCUT2D eigenvalue weighted by molar-refractivity contribution is 6.03. The van der Waals surface area contributed by atoms with Gasteiger partial charge in [-0.25, -0.2) is 9.97 Å². The van der Waals surface area contributed by atoms with Crippen LogP contribution in [0.2, 0.25) is 0 Å². The topological polar surface area (TPSA) is 81.2 Å². The highest BCUT2D eigenvalue weighted by atomic mass is 16.3. The van der Waals surface area contributed by atoms with Crippen LogP contribution in [0.4, 0.5) is 0 Å². The smallest absolute Gasteiger partial charge is 0.297 e. The predicted octanol–water partition coefficient (Wildman–Crippen LogP) is 3.20. The minimum Gasteiger partial charge on any atom is -0.430 e. The predicted molar refractivity (Wildman–Crippen MR) is 100 cm³/mol. The number of benzene rings is 1. The van der Waals surface area contributed by atoms with E-state index in [0.717, 1.165) is 22.2 Å². The number of nitrogens with zero attached hydrogens (tertiary/aromatic N) is 3. The summed E-state index contributed by atoms with van der Waals surface area (Å²) in [6.45, 7) is 4.19. The van der Waals surface area contributed by atoms with E-state index < -0.39 is 0 Å². The van der Waals surface area contributed by atoms with E-state index in [1.807, 2.05) is 43.3 Å².